The zero-order valence-corrected chi connectivity index (χ0v) is 10.0. The first-order valence-corrected chi connectivity index (χ1v) is 5.30. The van der Waals surface area contributed by atoms with Gasteiger partial charge < -0.3 is 9.47 Å². The van der Waals surface area contributed by atoms with Gasteiger partial charge in [0.05, 0.1) is 6.61 Å². The number of methoxy groups -OCH3 is 2. The van der Waals surface area contributed by atoms with E-state index in [2.05, 4.69) is 32.0 Å². The van der Waals surface area contributed by atoms with Gasteiger partial charge in [-0.3, -0.25) is 0 Å². The predicted octanol–water partition coefficient (Wildman–Crippen LogP) is 2.76. The van der Waals surface area contributed by atoms with E-state index in [4.69, 9.17) is 9.47 Å². The summed E-state index contributed by atoms with van der Waals surface area (Å²) in [6.45, 7) is 4.78. The molecule has 15 heavy (non-hydrogen) atoms. The van der Waals surface area contributed by atoms with E-state index in [0.717, 1.165) is 6.42 Å². The van der Waals surface area contributed by atoms with Crippen LogP contribution in [0.15, 0.2) is 24.3 Å². The number of aryl methyl sites for hydroxylation is 1. The maximum Gasteiger partial charge on any atom is 0.113 e. The highest BCUT2D eigenvalue weighted by atomic mass is 16.5. The van der Waals surface area contributed by atoms with Crippen molar-refractivity contribution in [2.45, 2.75) is 25.9 Å². The Labute approximate surface area is 92.2 Å². The zero-order chi connectivity index (χ0) is 11.3. The third-order valence-electron chi connectivity index (χ3n) is 2.84. The zero-order valence-electron chi connectivity index (χ0n) is 10.0. The lowest BCUT2D eigenvalue weighted by Crippen LogP contribution is -2.31. The van der Waals surface area contributed by atoms with Gasteiger partial charge >= 0.3 is 0 Å². The van der Waals surface area contributed by atoms with Crippen molar-refractivity contribution in [3.8, 4) is 0 Å². The SMILES string of the molecule is CCc1ccccc1C(C)(COC)OC. The van der Waals surface area contributed by atoms with Crippen LogP contribution in [0.3, 0.4) is 0 Å². The standard InChI is InChI=1S/C13H20O2/c1-5-11-8-6-7-9-12(11)13(2,15-4)10-14-3/h6-9H,5,10H2,1-4H3. The summed E-state index contributed by atoms with van der Waals surface area (Å²) < 4.78 is 10.8. The molecule has 0 heterocycles. The first-order chi connectivity index (χ1) is 7.18. The molecule has 0 N–H and O–H groups in total. The van der Waals surface area contributed by atoms with E-state index in [1.54, 1.807) is 14.2 Å². The smallest absolute Gasteiger partial charge is 0.113 e. The van der Waals surface area contributed by atoms with Gasteiger partial charge in [-0.15, -0.1) is 0 Å². The lowest BCUT2D eigenvalue weighted by atomic mass is 9.91. The van der Waals surface area contributed by atoms with Crippen LogP contribution in [0, 0.1) is 0 Å². The normalized spacial score (nSPS) is 14.9. The first kappa shape index (κ1) is 12.2. The fraction of sp³-hybridized carbons (Fsp3) is 0.538. The van der Waals surface area contributed by atoms with Crippen LogP contribution in [0.2, 0.25) is 0 Å². The van der Waals surface area contributed by atoms with Crippen LogP contribution in [-0.4, -0.2) is 20.8 Å². The Morgan fingerprint density at radius 1 is 1.20 bits per heavy atom. The Hall–Kier alpha value is -0.860. The van der Waals surface area contributed by atoms with Gasteiger partial charge in [0, 0.05) is 14.2 Å². The summed E-state index contributed by atoms with van der Waals surface area (Å²) in [5.74, 6) is 0. The summed E-state index contributed by atoms with van der Waals surface area (Å²) >= 11 is 0. The van der Waals surface area contributed by atoms with Crippen molar-refractivity contribution in [3.63, 3.8) is 0 Å². The summed E-state index contributed by atoms with van der Waals surface area (Å²) in [4.78, 5) is 0. The third-order valence-corrected chi connectivity index (χ3v) is 2.84. The number of benzene rings is 1. The minimum absolute atomic E-state index is 0.346. The molecular weight excluding hydrogens is 188 g/mol. The van der Waals surface area contributed by atoms with Crippen molar-refractivity contribution in [2.75, 3.05) is 20.8 Å². The van der Waals surface area contributed by atoms with Crippen molar-refractivity contribution in [1.29, 1.82) is 0 Å². The van der Waals surface area contributed by atoms with Gasteiger partial charge in [-0.05, 0) is 24.5 Å². The Balaban J connectivity index is 3.10. The molecule has 0 aromatic heterocycles. The van der Waals surface area contributed by atoms with Crippen LogP contribution in [0.4, 0.5) is 0 Å². The van der Waals surface area contributed by atoms with E-state index in [1.807, 2.05) is 6.07 Å². The Kier molecular flexibility index (Phi) is 4.30. The second-order valence-electron chi connectivity index (χ2n) is 3.88. The van der Waals surface area contributed by atoms with E-state index in [0.29, 0.717) is 6.61 Å². The predicted molar refractivity (Wildman–Crippen MR) is 62.1 cm³/mol. The fourth-order valence-corrected chi connectivity index (χ4v) is 1.87. The van der Waals surface area contributed by atoms with E-state index >= 15 is 0 Å². The number of rotatable bonds is 5. The lowest BCUT2D eigenvalue weighted by molar-refractivity contribution is -0.0560. The average Bonchev–Trinajstić information content (AvgIpc) is 2.29. The van der Waals surface area contributed by atoms with Gasteiger partial charge in [0.2, 0.25) is 0 Å². The molecule has 2 nitrogen and oxygen atoms in total. The van der Waals surface area contributed by atoms with Crippen LogP contribution in [0.25, 0.3) is 0 Å². The minimum atomic E-state index is -0.346. The second kappa shape index (κ2) is 5.29. The van der Waals surface area contributed by atoms with Gasteiger partial charge in [0.1, 0.15) is 5.60 Å². The summed E-state index contributed by atoms with van der Waals surface area (Å²) in [5.41, 5.74) is 2.19. The maximum absolute atomic E-state index is 5.58. The highest BCUT2D eigenvalue weighted by Crippen LogP contribution is 2.28. The molecule has 0 bridgehead atoms. The Morgan fingerprint density at radius 3 is 2.40 bits per heavy atom. The van der Waals surface area contributed by atoms with Crippen LogP contribution in [-0.2, 0) is 21.5 Å². The Morgan fingerprint density at radius 2 is 1.87 bits per heavy atom. The van der Waals surface area contributed by atoms with E-state index in [-0.39, 0.29) is 5.60 Å². The van der Waals surface area contributed by atoms with Gasteiger partial charge in [0.15, 0.2) is 0 Å². The van der Waals surface area contributed by atoms with Crippen LogP contribution in [0.1, 0.15) is 25.0 Å². The molecule has 1 aromatic rings. The molecule has 0 radical (unpaired) electrons. The topological polar surface area (TPSA) is 18.5 Å². The van der Waals surface area contributed by atoms with Crippen LogP contribution >= 0.6 is 0 Å². The highest BCUT2D eigenvalue weighted by molar-refractivity contribution is 5.32. The van der Waals surface area contributed by atoms with Crippen molar-refractivity contribution >= 4 is 0 Å². The lowest BCUT2D eigenvalue weighted by Gasteiger charge is -2.29. The summed E-state index contributed by atoms with van der Waals surface area (Å²) in [6, 6.07) is 8.36. The van der Waals surface area contributed by atoms with Gasteiger partial charge in [-0.25, -0.2) is 0 Å². The second-order valence-corrected chi connectivity index (χ2v) is 3.88. The molecule has 0 amide bonds. The quantitative estimate of drug-likeness (QED) is 0.740. The molecule has 0 saturated heterocycles. The van der Waals surface area contributed by atoms with E-state index in [1.165, 1.54) is 11.1 Å². The summed E-state index contributed by atoms with van der Waals surface area (Å²) in [5, 5.41) is 0. The summed E-state index contributed by atoms with van der Waals surface area (Å²) in [6.07, 6.45) is 1.01. The minimum Gasteiger partial charge on any atom is -0.381 e. The summed E-state index contributed by atoms with van der Waals surface area (Å²) in [7, 11) is 3.43. The first-order valence-electron chi connectivity index (χ1n) is 5.30. The van der Waals surface area contributed by atoms with E-state index in [9.17, 15) is 0 Å². The third kappa shape index (κ3) is 2.58. The van der Waals surface area contributed by atoms with Crippen molar-refractivity contribution in [3.05, 3.63) is 35.4 Å². The molecule has 0 aliphatic rings. The van der Waals surface area contributed by atoms with Crippen LogP contribution in [0.5, 0.6) is 0 Å². The molecular formula is C13H20O2. The number of hydrogen-bond donors (Lipinski definition) is 0. The van der Waals surface area contributed by atoms with Gasteiger partial charge in [0.25, 0.3) is 0 Å². The van der Waals surface area contributed by atoms with E-state index < -0.39 is 0 Å². The Bertz CT molecular complexity index is 309. The average molecular weight is 208 g/mol. The molecule has 1 aromatic carbocycles. The fourth-order valence-electron chi connectivity index (χ4n) is 1.87. The molecule has 2 heteroatoms. The number of hydrogen-bond acceptors (Lipinski definition) is 2. The van der Waals surface area contributed by atoms with Gasteiger partial charge in [-0.1, -0.05) is 31.2 Å². The van der Waals surface area contributed by atoms with Crippen LogP contribution < -0.4 is 0 Å². The molecule has 0 saturated carbocycles. The number of ether oxygens (including phenoxy) is 2. The molecule has 0 spiro atoms. The van der Waals surface area contributed by atoms with Gasteiger partial charge in [-0.2, -0.15) is 0 Å². The molecule has 1 unspecified atom stereocenters. The molecule has 0 aliphatic heterocycles. The molecule has 1 atom stereocenters. The maximum atomic E-state index is 5.58. The molecule has 0 aliphatic carbocycles. The van der Waals surface area contributed by atoms with Crippen molar-refractivity contribution in [1.82, 2.24) is 0 Å². The largest absolute Gasteiger partial charge is 0.381 e. The molecule has 84 valence electrons. The highest BCUT2D eigenvalue weighted by Gasteiger charge is 2.27. The molecule has 1 rings (SSSR count). The molecule has 0 fully saturated rings. The monoisotopic (exact) mass is 208 g/mol. The van der Waals surface area contributed by atoms with Crippen molar-refractivity contribution < 1.29 is 9.47 Å². The van der Waals surface area contributed by atoms with Crippen molar-refractivity contribution in [2.24, 2.45) is 0 Å².